The van der Waals surface area contributed by atoms with Crippen molar-refractivity contribution in [2.75, 3.05) is 27.3 Å². The van der Waals surface area contributed by atoms with Crippen LogP contribution in [-0.2, 0) is 12.0 Å². The molecule has 0 spiro atoms. The van der Waals surface area contributed by atoms with Gasteiger partial charge in [0.1, 0.15) is 0 Å². The Hall–Kier alpha value is -1.48. The number of rotatable bonds is 3. The fourth-order valence-electron chi connectivity index (χ4n) is 3.80. The van der Waals surface area contributed by atoms with E-state index in [0.717, 1.165) is 30.9 Å². The molecule has 1 aromatic rings. The van der Waals surface area contributed by atoms with Crippen molar-refractivity contribution in [1.29, 1.82) is 0 Å². The second-order valence-corrected chi connectivity index (χ2v) is 5.69. The summed E-state index contributed by atoms with van der Waals surface area (Å²) in [5, 5.41) is 0. The molecule has 108 valence electrons. The third-order valence-electron chi connectivity index (χ3n) is 4.86. The first kappa shape index (κ1) is 13.5. The Morgan fingerprint density at radius 3 is 2.60 bits per heavy atom. The summed E-state index contributed by atoms with van der Waals surface area (Å²) in [5.74, 6) is 1.65. The SMILES string of the molecule is C=CC12CCCCN1CCc1cc(OC)c(OC)cc12. The predicted molar refractivity (Wildman–Crippen MR) is 80.5 cm³/mol. The Balaban J connectivity index is 2.15. The lowest BCUT2D eigenvalue weighted by molar-refractivity contribution is 0.0739. The van der Waals surface area contributed by atoms with E-state index in [0.29, 0.717) is 0 Å². The van der Waals surface area contributed by atoms with Gasteiger partial charge in [-0.2, -0.15) is 0 Å². The van der Waals surface area contributed by atoms with Crippen molar-refractivity contribution in [3.05, 3.63) is 35.9 Å². The molecular weight excluding hydrogens is 250 g/mol. The number of benzene rings is 1. The third kappa shape index (κ3) is 1.84. The zero-order chi connectivity index (χ0) is 14.2. The van der Waals surface area contributed by atoms with Gasteiger partial charge >= 0.3 is 0 Å². The lowest BCUT2D eigenvalue weighted by Gasteiger charge is -2.49. The zero-order valence-electron chi connectivity index (χ0n) is 12.4. The number of nitrogens with zero attached hydrogens (tertiary/aromatic N) is 1. The number of hydrogen-bond acceptors (Lipinski definition) is 3. The molecule has 0 aliphatic carbocycles. The molecule has 20 heavy (non-hydrogen) atoms. The fraction of sp³-hybridized carbons (Fsp3) is 0.529. The molecule has 0 aromatic heterocycles. The molecule has 3 nitrogen and oxygen atoms in total. The van der Waals surface area contributed by atoms with Gasteiger partial charge in [-0.15, -0.1) is 6.58 Å². The summed E-state index contributed by atoms with van der Waals surface area (Å²) in [6, 6.07) is 4.30. The van der Waals surface area contributed by atoms with Crippen LogP contribution in [-0.4, -0.2) is 32.2 Å². The minimum absolute atomic E-state index is 0.00855. The van der Waals surface area contributed by atoms with E-state index in [1.807, 2.05) is 0 Å². The lowest BCUT2D eigenvalue weighted by atomic mass is 9.75. The molecular formula is C17H23NO2. The molecule has 0 bridgehead atoms. The zero-order valence-corrected chi connectivity index (χ0v) is 12.4. The highest BCUT2D eigenvalue weighted by Gasteiger charge is 2.42. The van der Waals surface area contributed by atoms with Gasteiger partial charge in [-0.25, -0.2) is 0 Å². The highest BCUT2D eigenvalue weighted by molar-refractivity contribution is 5.52. The summed E-state index contributed by atoms with van der Waals surface area (Å²) in [6.45, 7) is 6.41. The van der Waals surface area contributed by atoms with E-state index >= 15 is 0 Å². The van der Waals surface area contributed by atoms with Crippen LogP contribution >= 0.6 is 0 Å². The van der Waals surface area contributed by atoms with Gasteiger partial charge in [0.2, 0.25) is 0 Å². The summed E-state index contributed by atoms with van der Waals surface area (Å²) in [4.78, 5) is 2.58. The van der Waals surface area contributed by atoms with Gasteiger partial charge < -0.3 is 9.47 Å². The molecule has 0 amide bonds. The van der Waals surface area contributed by atoms with Crippen LogP contribution in [0.3, 0.4) is 0 Å². The monoisotopic (exact) mass is 273 g/mol. The lowest BCUT2D eigenvalue weighted by Crippen LogP contribution is -2.51. The van der Waals surface area contributed by atoms with E-state index in [9.17, 15) is 0 Å². The summed E-state index contributed by atoms with van der Waals surface area (Å²) in [6.07, 6.45) is 6.91. The van der Waals surface area contributed by atoms with Crippen LogP contribution in [0.5, 0.6) is 11.5 Å². The Morgan fingerprint density at radius 1 is 1.15 bits per heavy atom. The first-order valence-electron chi connectivity index (χ1n) is 7.39. The van der Waals surface area contributed by atoms with Crippen LogP contribution in [0.15, 0.2) is 24.8 Å². The Morgan fingerprint density at radius 2 is 1.90 bits per heavy atom. The molecule has 3 heteroatoms. The van der Waals surface area contributed by atoms with E-state index in [2.05, 4.69) is 29.7 Å². The minimum atomic E-state index is -0.00855. The standard InChI is InChI=1S/C17H23NO2/c1-4-17-8-5-6-9-18(17)10-7-13-11-15(19-2)16(20-3)12-14(13)17/h4,11-12H,1,5-10H2,2-3H3. The number of hydrogen-bond donors (Lipinski definition) is 0. The predicted octanol–water partition coefficient (Wildman–Crippen LogP) is 3.13. The number of piperidine rings is 1. The van der Waals surface area contributed by atoms with Crippen molar-refractivity contribution in [2.45, 2.75) is 31.2 Å². The van der Waals surface area contributed by atoms with Crippen LogP contribution in [0, 0.1) is 0 Å². The maximum absolute atomic E-state index is 5.49. The molecule has 2 aliphatic heterocycles. The molecule has 2 heterocycles. The smallest absolute Gasteiger partial charge is 0.161 e. The average molecular weight is 273 g/mol. The summed E-state index contributed by atoms with van der Waals surface area (Å²) in [5.41, 5.74) is 2.72. The largest absolute Gasteiger partial charge is 0.493 e. The normalized spacial score (nSPS) is 25.5. The van der Waals surface area contributed by atoms with Gasteiger partial charge in [-0.1, -0.05) is 6.08 Å². The topological polar surface area (TPSA) is 21.7 Å². The summed E-state index contributed by atoms with van der Waals surface area (Å²) < 4.78 is 10.9. The molecule has 1 saturated heterocycles. The molecule has 0 N–H and O–H groups in total. The molecule has 2 aliphatic rings. The van der Waals surface area contributed by atoms with E-state index in [4.69, 9.17) is 9.47 Å². The quantitative estimate of drug-likeness (QED) is 0.790. The Bertz CT molecular complexity index is 526. The van der Waals surface area contributed by atoms with Gasteiger partial charge in [-0.3, -0.25) is 4.90 Å². The second kappa shape index (κ2) is 5.13. The van der Waals surface area contributed by atoms with E-state index in [1.165, 1.54) is 30.5 Å². The molecule has 1 atom stereocenters. The van der Waals surface area contributed by atoms with Gasteiger partial charge in [0.15, 0.2) is 11.5 Å². The molecule has 0 saturated carbocycles. The third-order valence-corrected chi connectivity index (χ3v) is 4.86. The van der Waals surface area contributed by atoms with Gasteiger partial charge in [0.25, 0.3) is 0 Å². The Kier molecular flexibility index (Phi) is 3.47. The van der Waals surface area contributed by atoms with Crippen LogP contribution < -0.4 is 9.47 Å². The average Bonchev–Trinajstić information content (AvgIpc) is 2.52. The van der Waals surface area contributed by atoms with E-state index in [1.54, 1.807) is 14.2 Å². The van der Waals surface area contributed by atoms with Gasteiger partial charge in [-0.05, 0) is 55.5 Å². The maximum atomic E-state index is 5.49. The minimum Gasteiger partial charge on any atom is -0.493 e. The Labute approximate surface area is 121 Å². The van der Waals surface area contributed by atoms with Crippen molar-refractivity contribution < 1.29 is 9.47 Å². The first-order valence-corrected chi connectivity index (χ1v) is 7.39. The van der Waals surface area contributed by atoms with Gasteiger partial charge in [0, 0.05) is 6.54 Å². The molecule has 1 aromatic carbocycles. The maximum Gasteiger partial charge on any atom is 0.161 e. The van der Waals surface area contributed by atoms with Crippen LogP contribution in [0.25, 0.3) is 0 Å². The van der Waals surface area contributed by atoms with E-state index < -0.39 is 0 Å². The van der Waals surface area contributed by atoms with Crippen LogP contribution in [0.2, 0.25) is 0 Å². The van der Waals surface area contributed by atoms with Crippen molar-refractivity contribution in [1.82, 2.24) is 4.90 Å². The summed E-state index contributed by atoms with van der Waals surface area (Å²) >= 11 is 0. The van der Waals surface area contributed by atoms with E-state index in [-0.39, 0.29) is 5.54 Å². The van der Waals surface area contributed by atoms with Gasteiger partial charge in [0.05, 0.1) is 19.8 Å². The van der Waals surface area contributed by atoms with Crippen LogP contribution in [0.1, 0.15) is 30.4 Å². The molecule has 3 rings (SSSR count). The van der Waals surface area contributed by atoms with Crippen molar-refractivity contribution in [2.24, 2.45) is 0 Å². The van der Waals surface area contributed by atoms with Crippen LogP contribution in [0.4, 0.5) is 0 Å². The number of ether oxygens (including phenoxy) is 2. The van der Waals surface area contributed by atoms with Crippen molar-refractivity contribution in [3.63, 3.8) is 0 Å². The highest BCUT2D eigenvalue weighted by atomic mass is 16.5. The molecule has 1 unspecified atom stereocenters. The van der Waals surface area contributed by atoms with Crippen molar-refractivity contribution >= 4 is 0 Å². The summed E-state index contributed by atoms with van der Waals surface area (Å²) in [7, 11) is 3.40. The fourth-order valence-corrected chi connectivity index (χ4v) is 3.80. The second-order valence-electron chi connectivity index (χ2n) is 5.69. The highest BCUT2D eigenvalue weighted by Crippen LogP contribution is 2.46. The molecule has 0 radical (unpaired) electrons. The first-order chi connectivity index (χ1) is 9.75. The van der Waals surface area contributed by atoms with Crippen molar-refractivity contribution in [3.8, 4) is 11.5 Å². The number of methoxy groups -OCH3 is 2. The number of fused-ring (bicyclic) bond motifs is 3. The molecule has 1 fully saturated rings.